The van der Waals surface area contributed by atoms with Crippen molar-refractivity contribution < 1.29 is 14.3 Å². The lowest BCUT2D eigenvalue weighted by Crippen LogP contribution is -2.58. The van der Waals surface area contributed by atoms with Crippen LogP contribution < -0.4 is 5.32 Å². The van der Waals surface area contributed by atoms with Crippen LogP contribution in [-0.2, 0) is 9.53 Å². The summed E-state index contributed by atoms with van der Waals surface area (Å²) in [6, 6.07) is -0.657. The van der Waals surface area contributed by atoms with Crippen LogP contribution in [0.4, 0.5) is 4.79 Å². The van der Waals surface area contributed by atoms with Crippen LogP contribution in [0.5, 0.6) is 0 Å². The van der Waals surface area contributed by atoms with Gasteiger partial charge in [-0.1, -0.05) is 6.92 Å². The van der Waals surface area contributed by atoms with E-state index in [1.54, 1.807) is 19.0 Å². The van der Waals surface area contributed by atoms with E-state index in [1.165, 1.54) is 4.90 Å². The summed E-state index contributed by atoms with van der Waals surface area (Å²) in [5.74, 6) is -0.137. The molecule has 0 bridgehead atoms. The molecule has 1 aliphatic rings. The van der Waals surface area contributed by atoms with Crippen molar-refractivity contribution in [2.75, 3.05) is 40.4 Å². The number of ether oxygens (including phenoxy) is 1. The molecule has 3 amide bonds. The summed E-state index contributed by atoms with van der Waals surface area (Å²) >= 11 is 0. The van der Waals surface area contributed by atoms with Gasteiger partial charge in [0.2, 0.25) is 5.91 Å². The van der Waals surface area contributed by atoms with Crippen LogP contribution in [-0.4, -0.2) is 68.2 Å². The number of morpholine rings is 1. The minimum Gasteiger partial charge on any atom is -0.377 e. The maximum Gasteiger partial charge on any atom is 0.320 e. The summed E-state index contributed by atoms with van der Waals surface area (Å²) in [6.07, 6.45) is 0.876. The van der Waals surface area contributed by atoms with Crippen molar-refractivity contribution in [2.24, 2.45) is 0 Å². The molecule has 0 aromatic rings. The summed E-state index contributed by atoms with van der Waals surface area (Å²) in [5, 5.41) is 2.79. The topological polar surface area (TPSA) is 61.9 Å². The third kappa shape index (κ3) is 3.59. The Labute approximate surface area is 102 Å². The second-order valence-corrected chi connectivity index (χ2v) is 4.25. The molecule has 1 rings (SSSR count). The van der Waals surface area contributed by atoms with E-state index < -0.39 is 6.04 Å². The molecular formula is C11H21N3O3. The Hall–Kier alpha value is -1.30. The molecule has 1 aliphatic heterocycles. The first-order valence-electron chi connectivity index (χ1n) is 5.91. The van der Waals surface area contributed by atoms with Crippen LogP contribution in [0.2, 0.25) is 0 Å². The quantitative estimate of drug-likeness (QED) is 0.752. The van der Waals surface area contributed by atoms with E-state index in [0.29, 0.717) is 19.7 Å². The first-order chi connectivity index (χ1) is 8.07. The van der Waals surface area contributed by atoms with Gasteiger partial charge in [0.25, 0.3) is 0 Å². The Morgan fingerprint density at radius 2 is 2.18 bits per heavy atom. The molecule has 0 aromatic carbocycles. The van der Waals surface area contributed by atoms with Crippen LogP contribution in [0.15, 0.2) is 0 Å². The molecule has 1 heterocycles. The lowest BCUT2D eigenvalue weighted by Gasteiger charge is -2.36. The average Bonchev–Trinajstić information content (AvgIpc) is 2.34. The largest absolute Gasteiger partial charge is 0.377 e. The molecule has 1 unspecified atom stereocenters. The van der Waals surface area contributed by atoms with E-state index >= 15 is 0 Å². The number of nitrogens with one attached hydrogen (secondary N) is 1. The van der Waals surface area contributed by atoms with Crippen molar-refractivity contribution >= 4 is 11.9 Å². The van der Waals surface area contributed by atoms with Crippen molar-refractivity contribution in [1.29, 1.82) is 0 Å². The number of rotatable bonds is 3. The summed E-state index contributed by atoms with van der Waals surface area (Å²) in [7, 11) is 3.36. The van der Waals surface area contributed by atoms with Gasteiger partial charge in [-0.3, -0.25) is 4.79 Å². The van der Waals surface area contributed by atoms with Gasteiger partial charge >= 0.3 is 6.03 Å². The Balaban J connectivity index is 2.65. The number of carbonyl (C=O) groups excluding carboxylic acids is 2. The Morgan fingerprint density at radius 3 is 2.76 bits per heavy atom. The third-order valence-corrected chi connectivity index (χ3v) is 2.61. The molecule has 1 saturated heterocycles. The average molecular weight is 243 g/mol. The van der Waals surface area contributed by atoms with Crippen molar-refractivity contribution in [3.05, 3.63) is 0 Å². The SMILES string of the molecule is CCCNC(=O)C1COCCN1C(=O)N(C)C. The highest BCUT2D eigenvalue weighted by atomic mass is 16.5. The number of carbonyl (C=O) groups is 2. The predicted octanol–water partition coefficient (Wildman–Crippen LogP) is -0.105. The molecular weight excluding hydrogens is 222 g/mol. The van der Waals surface area contributed by atoms with E-state index in [0.717, 1.165) is 6.42 Å². The molecule has 0 spiro atoms. The van der Waals surface area contributed by atoms with Crippen molar-refractivity contribution in [2.45, 2.75) is 19.4 Å². The molecule has 1 fully saturated rings. The molecule has 0 radical (unpaired) electrons. The highest BCUT2D eigenvalue weighted by molar-refractivity contribution is 5.87. The first-order valence-corrected chi connectivity index (χ1v) is 5.91. The number of amides is 3. The first kappa shape index (κ1) is 13.8. The van der Waals surface area contributed by atoms with Gasteiger partial charge in [0.05, 0.1) is 13.2 Å². The minimum absolute atomic E-state index is 0.137. The third-order valence-electron chi connectivity index (χ3n) is 2.61. The van der Waals surface area contributed by atoms with E-state index in [9.17, 15) is 9.59 Å². The van der Waals surface area contributed by atoms with Gasteiger partial charge in [-0.25, -0.2) is 4.79 Å². The monoisotopic (exact) mass is 243 g/mol. The Bertz CT molecular complexity index is 281. The minimum atomic E-state index is -0.509. The van der Waals surface area contributed by atoms with Gasteiger partial charge in [0.15, 0.2) is 0 Å². The molecule has 0 aliphatic carbocycles. The fourth-order valence-corrected chi connectivity index (χ4v) is 1.67. The highest BCUT2D eigenvalue weighted by Gasteiger charge is 2.33. The molecule has 1 atom stereocenters. The molecule has 6 nitrogen and oxygen atoms in total. The van der Waals surface area contributed by atoms with Crippen molar-refractivity contribution in [1.82, 2.24) is 15.1 Å². The van der Waals surface area contributed by atoms with Crippen molar-refractivity contribution in [3.8, 4) is 0 Å². The van der Waals surface area contributed by atoms with Crippen LogP contribution in [0.3, 0.4) is 0 Å². The van der Waals surface area contributed by atoms with Crippen LogP contribution in [0.25, 0.3) is 0 Å². The number of nitrogens with zero attached hydrogens (tertiary/aromatic N) is 2. The number of hydrogen-bond donors (Lipinski definition) is 1. The van der Waals surface area contributed by atoms with E-state index in [2.05, 4.69) is 5.32 Å². The van der Waals surface area contributed by atoms with Gasteiger partial charge in [0, 0.05) is 27.2 Å². The number of urea groups is 1. The molecule has 1 N–H and O–H groups in total. The zero-order chi connectivity index (χ0) is 12.8. The second-order valence-electron chi connectivity index (χ2n) is 4.25. The lowest BCUT2D eigenvalue weighted by molar-refractivity contribution is -0.130. The molecule has 6 heteroatoms. The Kier molecular flexibility index (Phi) is 5.21. The fraction of sp³-hybridized carbons (Fsp3) is 0.818. The predicted molar refractivity (Wildman–Crippen MR) is 63.7 cm³/mol. The van der Waals surface area contributed by atoms with Gasteiger partial charge in [0.1, 0.15) is 6.04 Å². The summed E-state index contributed by atoms with van der Waals surface area (Å²) in [4.78, 5) is 26.8. The van der Waals surface area contributed by atoms with E-state index in [1.807, 2.05) is 6.92 Å². The van der Waals surface area contributed by atoms with E-state index in [4.69, 9.17) is 4.74 Å². The molecule has 17 heavy (non-hydrogen) atoms. The summed E-state index contributed by atoms with van der Waals surface area (Å²) < 4.78 is 5.27. The lowest BCUT2D eigenvalue weighted by atomic mass is 10.2. The maximum absolute atomic E-state index is 11.9. The summed E-state index contributed by atoms with van der Waals surface area (Å²) in [6.45, 7) is 3.83. The molecule has 0 aromatic heterocycles. The van der Waals surface area contributed by atoms with Crippen LogP contribution >= 0.6 is 0 Å². The van der Waals surface area contributed by atoms with Gasteiger partial charge in [-0.15, -0.1) is 0 Å². The maximum atomic E-state index is 11.9. The van der Waals surface area contributed by atoms with Crippen LogP contribution in [0.1, 0.15) is 13.3 Å². The zero-order valence-electron chi connectivity index (χ0n) is 10.7. The molecule has 0 saturated carbocycles. The van der Waals surface area contributed by atoms with Crippen molar-refractivity contribution in [3.63, 3.8) is 0 Å². The van der Waals surface area contributed by atoms with Gasteiger partial charge < -0.3 is 19.9 Å². The van der Waals surface area contributed by atoms with Gasteiger partial charge in [-0.05, 0) is 6.42 Å². The second kappa shape index (κ2) is 6.44. The fourth-order valence-electron chi connectivity index (χ4n) is 1.67. The zero-order valence-corrected chi connectivity index (χ0v) is 10.7. The smallest absolute Gasteiger partial charge is 0.320 e. The standard InChI is InChI=1S/C11H21N3O3/c1-4-5-12-10(15)9-8-17-7-6-14(9)11(16)13(2)3/h9H,4-8H2,1-3H3,(H,12,15). The Morgan fingerprint density at radius 1 is 1.47 bits per heavy atom. The van der Waals surface area contributed by atoms with E-state index in [-0.39, 0.29) is 18.5 Å². The number of hydrogen-bond acceptors (Lipinski definition) is 3. The highest BCUT2D eigenvalue weighted by Crippen LogP contribution is 2.09. The van der Waals surface area contributed by atoms with Gasteiger partial charge in [-0.2, -0.15) is 0 Å². The molecule has 98 valence electrons. The van der Waals surface area contributed by atoms with Crippen LogP contribution in [0, 0.1) is 0 Å². The summed E-state index contributed by atoms with van der Waals surface area (Å²) in [5.41, 5.74) is 0. The normalized spacial score (nSPS) is 19.9.